The number of aryl methyl sites for hydroxylation is 2. The summed E-state index contributed by atoms with van der Waals surface area (Å²) in [5, 5.41) is 6.92. The molecule has 0 fully saturated rings. The SMILES string of the molecule is Cc1cccc(C)c1NC(=O)CNC(=O)[C@H](C)N1CC=C(c2c[nH]c3ccccc23)CC1. The first-order valence-corrected chi connectivity index (χ1v) is 11.1. The Morgan fingerprint density at radius 2 is 1.84 bits per heavy atom. The second-order valence-corrected chi connectivity index (χ2v) is 8.43. The molecule has 6 heteroatoms. The van der Waals surface area contributed by atoms with Gasteiger partial charge in [-0.25, -0.2) is 0 Å². The highest BCUT2D eigenvalue weighted by atomic mass is 16.2. The van der Waals surface area contributed by atoms with Crippen molar-refractivity contribution in [3.8, 4) is 0 Å². The molecule has 0 unspecified atom stereocenters. The molecule has 3 N–H and O–H groups in total. The number of hydrogen-bond acceptors (Lipinski definition) is 3. The third kappa shape index (κ3) is 4.60. The van der Waals surface area contributed by atoms with Gasteiger partial charge >= 0.3 is 0 Å². The topological polar surface area (TPSA) is 77.2 Å². The highest BCUT2D eigenvalue weighted by Crippen LogP contribution is 2.29. The van der Waals surface area contributed by atoms with Crippen LogP contribution in [-0.4, -0.2) is 47.4 Å². The van der Waals surface area contributed by atoms with Crippen molar-refractivity contribution in [3.05, 3.63) is 71.4 Å². The fourth-order valence-corrected chi connectivity index (χ4v) is 4.29. The van der Waals surface area contributed by atoms with Crippen molar-refractivity contribution < 1.29 is 9.59 Å². The van der Waals surface area contributed by atoms with Gasteiger partial charge in [-0.05, 0) is 50.0 Å². The predicted octanol–water partition coefficient (Wildman–Crippen LogP) is 4.02. The minimum atomic E-state index is -0.302. The lowest BCUT2D eigenvalue weighted by molar-refractivity contribution is -0.127. The molecular weight excluding hydrogens is 400 g/mol. The van der Waals surface area contributed by atoms with Gasteiger partial charge in [-0.3, -0.25) is 14.5 Å². The number of anilines is 1. The Labute approximate surface area is 188 Å². The minimum Gasteiger partial charge on any atom is -0.361 e. The lowest BCUT2D eigenvalue weighted by atomic mass is 9.98. The first-order valence-electron chi connectivity index (χ1n) is 11.1. The first-order chi connectivity index (χ1) is 15.4. The van der Waals surface area contributed by atoms with Crippen molar-refractivity contribution in [3.63, 3.8) is 0 Å². The second kappa shape index (κ2) is 9.40. The largest absolute Gasteiger partial charge is 0.361 e. The number of benzene rings is 2. The van der Waals surface area contributed by atoms with Gasteiger partial charge < -0.3 is 15.6 Å². The molecular formula is C26H30N4O2. The number of aromatic nitrogens is 1. The van der Waals surface area contributed by atoms with Crippen LogP contribution in [0, 0.1) is 13.8 Å². The van der Waals surface area contributed by atoms with Gasteiger partial charge in [0.05, 0.1) is 12.6 Å². The Balaban J connectivity index is 1.31. The highest BCUT2D eigenvalue weighted by molar-refractivity contribution is 5.96. The molecule has 2 aromatic carbocycles. The molecule has 1 aliphatic rings. The maximum atomic E-state index is 12.7. The van der Waals surface area contributed by atoms with E-state index in [0.29, 0.717) is 6.54 Å². The van der Waals surface area contributed by atoms with Gasteiger partial charge in [-0.2, -0.15) is 0 Å². The van der Waals surface area contributed by atoms with E-state index in [9.17, 15) is 9.59 Å². The Morgan fingerprint density at radius 1 is 1.09 bits per heavy atom. The van der Waals surface area contributed by atoms with Crippen LogP contribution in [0.1, 0.15) is 30.0 Å². The fraction of sp³-hybridized carbons (Fsp3) is 0.308. The number of carbonyl (C=O) groups excluding carboxylic acids is 2. The number of carbonyl (C=O) groups is 2. The zero-order valence-corrected chi connectivity index (χ0v) is 18.9. The average molecular weight is 431 g/mol. The molecule has 1 aromatic heterocycles. The minimum absolute atomic E-state index is 0.0405. The molecule has 0 saturated carbocycles. The molecule has 6 nitrogen and oxygen atoms in total. The molecule has 166 valence electrons. The molecule has 1 aliphatic heterocycles. The Hall–Kier alpha value is -3.38. The Bertz CT molecular complexity index is 1160. The molecule has 4 rings (SSSR count). The molecule has 3 aromatic rings. The molecule has 0 radical (unpaired) electrons. The molecule has 2 heterocycles. The molecule has 0 bridgehead atoms. The van der Waals surface area contributed by atoms with E-state index in [4.69, 9.17) is 0 Å². The quantitative estimate of drug-likeness (QED) is 0.553. The molecule has 0 saturated heterocycles. The van der Waals surface area contributed by atoms with Crippen LogP contribution in [0.4, 0.5) is 5.69 Å². The highest BCUT2D eigenvalue weighted by Gasteiger charge is 2.24. The van der Waals surface area contributed by atoms with Crippen molar-refractivity contribution in [2.45, 2.75) is 33.2 Å². The van der Waals surface area contributed by atoms with Crippen molar-refractivity contribution in [2.75, 3.05) is 25.0 Å². The van der Waals surface area contributed by atoms with E-state index >= 15 is 0 Å². The number of amides is 2. The van der Waals surface area contributed by atoms with Gasteiger partial charge in [-0.15, -0.1) is 0 Å². The number of nitrogens with zero attached hydrogens (tertiary/aromatic N) is 1. The van der Waals surface area contributed by atoms with Crippen LogP contribution in [0.2, 0.25) is 0 Å². The van der Waals surface area contributed by atoms with E-state index in [1.54, 1.807) is 0 Å². The number of para-hydroxylation sites is 2. The molecule has 1 atom stereocenters. The standard InChI is InChI=1S/C26H30N4O2/c1-17-7-6-8-18(2)25(17)29-24(31)16-28-26(32)19(3)30-13-11-20(12-14-30)22-15-27-23-10-5-4-9-21(22)23/h4-11,15,19,27H,12-14,16H2,1-3H3,(H,28,32)(H,29,31)/t19-/m0/s1. The van der Waals surface area contributed by atoms with Crippen LogP contribution >= 0.6 is 0 Å². The van der Waals surface area contributed by atoms with Crippen LogP contribution in [-0.2, 0) is 9.59 Å². The lowest BCUT2D eigenvalue weighted by Gasteiger charge is -2.31. The molecule has 0 spiro atoms. The normalized spacial score (nSPS) is 15.3. The molecule has 32 heavy (non-hydrogen) atoms. The number of fused-ring (bicyclic) bond motifs is 1. The van der Waals surface area contributed by atoms with Gasteiger partial charge in [0.15, 0.2) is 0 Å². The van der Waals surface area contributed by atoms with Crippen LogP contribution in [0.15, 0.2) is 54.7 Å². The number of hydrogen-bond donors (Lipinski definition) is 3. The summed E-state index contributed by atoms with van der Waals surface area (Å²) in [4.78, 5) is 30.5. The van der Waals surface area contributed by atoms with Gasteiger partial charge in [0.1, 0.15) is 0 Å². The van der Waals surface area contributed by atoms with Crippen molar-refractivity contribution in [2.24, 2.45) is 0 Å². The smallest absolute Gasteiger partial charge is 0.243 e. The summed E-state index contributed by atoms with van der Waals surface area (Å²) >= 11 is 0. The summed E-state index contributed by atoms with van der Waals surface area (Å²) < 4.78 is 0. The van der Waals surface area contributed by atoms with E-state index in [-0.39, 0.29) is 24.4 Å². The van der Waals surface area contributed by atoms with E-state index in [1.165, 1.54) is 16.5 Å². The second-order valence-electron chi connectivity index (χ2n) is 8.43. The number of nitrogens with one attached hydrogen (secondary N) is 3. The summed E-state index contributed by atoms with van der Waals surface area (Å²) in [5.74, 6) is -0.353. The van der Waals surface area contributed by atoms with Crippen molar-refractivity contribution >= 4 is 34.0 Å². The van der Waals surface area contributed by atoms with Gasteiger partial charge in [0, 0.05) is 41.4 Å². The molecule has 2 amide bonds. The number of rotatable bonds is 6. The number of aromatic amines is 1. The van der Waals surface area contributed by atoms with E-state index < -0.39 is 0 Å². The summed E-state index contributed by atoms with van der Waals surface area (Å²) in [7, 11) is 0. The van der Waals surface area contributed by atoms with Gasteiger partial charge in [0.2, 0.25) is 11.8 Å². The summed E-state index contributed by atoms with van der Waals surface area (Å²) in [6.45, 7) is 7.27. The first kappa shape index (κ1) is 21.8. The van der Waals surface area contributed by atoms with Gasteiger partial charge in [0.25, 0.3) is 0 Å². The van der Waals surface area contributed by atoms with E-state index in [1.807, 2.05) is 45.0 Å². The lowest BCUT2D eigenvalue weighted by Crippen LogP contribution is -2.48. The summed E-state index contributed by atoms with van der Waals surface area (Å²) in [5.41, 5.74) is 6.50. The van der Waals surface area contributed by atoms with Crippen LogP contribution < -0.4 is 10.6 Å². The van der Waals surface area contributed by atoms with Crippen molar-refractivity contribution in [1.29, 1.82) is 0 Å². The Morgan fingerprint density at radius 3 is 2.56 bits per heavy atom. The monoisotopic (exact) mass is 430 g/mol. The van der Waals surface area contributed by atoms with Crippen LogP contribution in [0.3, 0.4) is 0 Å². The number of H-pyrrole nitrogens is 1. The summed E-state index contributed by atoms with van der Waals surface area (Å²) in [6, 6.07) is 13.9. The molecule has 0 aliphatic carbocycles. The zero-order valence-electron chi connectivity index (χ0n) is 18.9. The van der Waals surface area contributed by atoms with Crippen LogP contribution in [0.5, 0.6) is 0 Å². The van der Waals surface area contributed by atoms with E-state index in [0.717, 1.165) is 35.3 Å². The Kier molecular flexibility index (Phi) is 6.42. The zero-order chi connectivity index (χ0) is 22.7. The average Bonchev–Trinajstić information content (AvgIpc) is 3.24. The maximum Gasteiger partial charge on any atom is 0.243 e. The third-order valence-corrected chi connectivity index (χ3v) is 6.27. The van der Waals surface area contributed by atoms with Crippen molar-refractivity contribution in [1.82, 2.24) is 15.2 Å². The third-order valence-electron chi connectivity index (χ3n) is 6.27. The van der Waals surface area contributed by atoms with Crippen LogP contribution in [0.25, 0.3) is 16.5 Å². The van der Waals surface area contributed by atoms with Gasteiger partial charge in [-0.1, -0.05) is 42.5 Å². The summed E-state index contributed by atoms with van der Waals surface area (Å²) in [6.07, 6.45) is 5.15. The fourth-order valence-electron chi connectivity index (χ4n) is 4.29. The maximum absolute atomic E-state index is 12.7. The van der Waals surface area contributed by atoms with E-state index in [2.05, 4.69) is 51.0 Å². The predicted molar refractivity (Wildman–Crippen MR) is 129 cm³/mol.